The molecule has 0 bridgehead atoms. The fourth-order valence-corrected chi connectivity index (χ4v) is 1.58. The predicted octanol–water partition coefficient (Wildman–Crippen LogP) is 2.15. The molecule has 12 heavy (non-hydrogen) atoms. The zero-order valence-electron chi connectivity index (χ0n) is 6.72. The molecule has 0 aliphatic heterocycles. The Morgan fingerprint density at radius 2 is 2.33 bits per heavy atom. The van der Waals surface area contributed by atoms with Gasteiger partial charge >= 0.3 is 0 Å². The Morgan fingerprint density at radius 1 is 1.58 bits per heavy atom. The van der Waals surface area contributed by atoms with Gasteiger partial charge < -0.3 is 0 Å². The van der Waals surface area contributed by atoms with Crippen molar-refractivity contribution in [2.24, 2.45) is 10.9 Å². The Kier molecular flexibility index (Phi) is 2.93. The van der Waals surface area contributed by atoms with Crippen molar-refractivity contribution in [3.8, 4) is 0 Å². The highest BCUT2D eigenvalue weighted by atomic mass is 19.3. The maximum absolute atomic E-state index is 12.6. The van der Waals surface area contributed by atoms with Crippen molar-refractivity contribution in [3.05, 3.63) is 0 Å². The molecule has 1 saturated carbocycles. The lowest BCUT2D eigenvalue weighted by molar-refractivity contribution is 0.00483. The summed E-state index contributed by atoms with van der Waals surface area (Å²) in [6.07, 6.45) is 2.49. The molecule has 0 N–H and O–H groups in total. The summed E-state index contributed by atoms with van der Waals surface area (Å²) in [4.78, 5) is 13.0. The van der Waals surface area contributed by atoms with Crippen LogP contribution in [-0.4, -0.2) is 18.5 Å². The SMILES string of the molecule is O=C=NCCC1CCC(F)(F)C1. The van der Waals surface area contributed by atoms with E-state index in [0.717, 1.165) is 0 Å². The van der Waals surface area contributed by atoms with E-state index in [0.29, 0.717) is 19.4 Å². The van der Waals surface area contributed by atoms with Crippen LogP contribution in [0.3, 0.4) is 0 Å². The lowest BCUT2D eigenvalue weighted by atomic mass is 10.0. The van der Waals surface area contributed by atoms with Gasteiger partial charge in [0.1, 0.15) is 0 Å². The maximum Gasteiger partial charge on any atom is 0.248 e. The van der Waals surface area contributed by atoms with Gasteiger partial charge in [0, 0.05) is 12.8 Å². The highest BCUT2D eigenvalue weighted by Gasteiger charge is 2.38. The molecular formula is C8H11F2NO. The summed E-state index contributed by atoms with van der Waals surface area (Å²) in [7, 11) is 0. The molecule has 0 aromatic carbocycles. The van der Waals surface area contributed by atoms with E-state index < -0.39 is 5.92 Å². The van der Waals surface area contributed by atoms with E-state index in [1.165, 1.54) is 6.08 Å². The standard InChI is InChI=1S/C8H11F2NO/c9-8(10)3-1-7(5-8)2-4-11-6-12/h7H,1-5H2. The number of hydrogen-bond acceptors (Lipinski definition) is 2. The third-order valence-corrected chi connectivity index (χ3v) is 2.22. The Hall–Kier alpha value is -0.760. The van der Waals surface area contributed by atoms with Crippen LogP contribution in [0.15, 0.2) is 4.99 Å². The van der Waals surface area contributed by atoms with E-state index in [2.05, 4.69) is 4.99 Å². The van der Waals surface area contributed by atoms with Crippen molar-refractivity contribution in [1.29, 1.82) is 0 Å². The fraction of sp³-hybridized carbons (Fsp3) is 0.875. The molecule has 1 aliphatic carbocycles. The first-order valence-corrected chi connectivity index (χ1v) is 4.05. The molecule has 0 amide bonds. The van der Waals surface area contributed by atoms with Gasteiger partial charge in [-0.15, -0.1) is 0 Å². The quantitative estimate of drug-likeness (QED) is 0.477. The normalized spacial score (nSPS) is 26.7. The number of hydrogen-bond donors (Lipinski definition) is 0. The number of isocyanates is 1. The van der Waals surface area contributed by atoms with Crippen LogP contribution in [-0.2, 0) is 4.79 Å². The van der Waals surface area contributed by atoms with Crippen LogP contribution < -0.4 is 0 Å². The van der Waals surface area contributed by atoms with E-state index in [-0.39, 0.29) is 18.8 Å². The van der Waals surface area contributed by atoms with Crippen LogP contribution in [0.4, 0.5) is 8.78 Å². The molecule has 0 aromatic heterocycles. The fourth-order valence-electron chi connectivity index (χ4n) is 1.58. The van der Waals surface area contributed by atoms with Gasteiger partial charge in [0.15, 0.2) is 0 Å². The molecule has 0 spiro atoms. The molecule has 1 fully saturated rings. The molecule has 0 aromatic rings. The van der Waals surface area contributed by atoms with Crippen molar-refractivity contribution in [2.75, 3.05) is 6.54 Å². The molecule has 1 atom stereocenters. The van der Waals surface area contributed by atoms with Gasteiger partial charge in [-0.05, 0) is 18.8 Å². The first-order valence-electron chi connectivity index (χ1n) is 4.05. The monoisotopic (exact) mass is 175 g/mol. The van der Waals surface area contributed by atoms with Gasteiger partial charge in [-0.2, -0.15) is 0 Å². The van der Waals surface area contributed by atoms with E-state index in [9.17, 15) is 13.6 Å². The van der Waals surface area contributed by atoms with Crippen molar-refractivity contribution in [1.82, 2.24) is 0 Å². The van der Waals surface area contributed by atoms with E-state index in [1.54, 1.807) is 0 Å². The molecule has 68 valence electrons. The van der Waals surface area contributed by atoms with E-state index >= 15 is 0 Å². The highest BCUT2D eigenvalue weighted by Crippen LogP contribution is 2.40. The molecular weight excluding hydrogens is 164 g/mol. The molecule has 0 heterocycles. The van der Waals surface area contributed by atoms with Crippen LogP contribution in [0, 0.1) is 5.92 Å². The van der Waals surface area contributed by atoms with Crippen LogP contribution in [0.2, 0.25) is 0 Å². The Labute approximate surface area is 69.7 Å². The highest BCUT2D eigenvalue weighted by molar-refractivity contribution is 5.32. The van der Waals surface area contributed by atoms with Crippen LogP contribution in [0.1, 0.15) is 25.7 Å². The number of aliphatic imine (C=N–C) groups is 1. The number of nitrogens with zero attached hydrogens (tertiary/aromatic N) is 1. The molecule has 2 nitrogen and oxygen atoms in total. The number of rotatable bonds is 3. The van der Waals surface area contributed by atoms with Crippen molar-refractivity contribution < 1.29 is 13.6 Å². The van der Waals surface area contributed by atoms with Crippen LogP contribution in [0.5, 0.6) is 0 Å². The number of halogens is 2. The van der Waals surface area contributed by atoms with Gasteiger partial charge in [0.25, 0.3) is 0 Å². The van der Waals surface area contributed by atoms with Crippen LogP contribution >= 0.6 is 0 Å². The second-order valence-electron chi connectivity index (χ2n) is 3.23. The summed E-state index contributed by atoms with van der Waals surface area (Å²) in [5.74, 6) is -2.44. The van der Waals surface area contributed by atoms with Gasteiger partial charge in [-0.25, -0.2) is 18.6 Å². The third-order valence-electron chi connectivity index (χ3n) is 2.22. The molecule has 1 aliphatic rings. The van der Waals surface area contributed by atoms with Gasteiger partial charge in [0.05, 0.1) is 6.54 Å². The Bertz CT molecular complexity index is 199. The smallest absolute Gasteiger partial charge is 0.211 e. The minimum atomic E-state index is -2.48. The molecule has 1 unspecified atom stereocenters. The molecule has 0 saturated heterocycles. The van der Waals surface area contributed by atoms with Crippen LogP contribution in [0.25, 0.3) is 0 Å². The third kappa shape index (κ3) is 2.70. The zero-order chi connectivity index (χ0) is 9.03. The average molecular weight is 175 g/mol. The largest absolute Gasteiger partial charge is 0.248 e. The van der Waals surface area contributed by atoms with E-state index in [4.69, 9.17) is 0 Å². The maximum atomic E-state index is 12.6. The average Bonchev–Trinajstić information content (AvgIpc) is 2.31. The summed E-state index contributed by atoms with van der Waals surface area (Å²) in [6, 6.07) is 0. The summed E-state index contributed by atoms with van der Waals surface area (Å²) < 4.78 is 25.2. The molecule has 1 rings (SSSR count). The summed E-state index contributed by atoms with van der Waals surface area (Å²) in [6.45, 7) is 0.338. The van der Waals surface area contributed by atoms with E-state index in [1.807, 2.05) is 0 Å². The minimum Gasteiger partial charge on any atom is -0.211 e. The van der Waals surface area contributed by atoms with Crippen molar-refractivity contribution >= 4 is 6.08 Å². The summed E-state index contributed by atoms with van der Waals surface area (Å²) >= 11 is 0. The minimum absolute atomic E-state index is 0.0114. The molecule has 4 heteroatoms. The summed E-state index contributed by atoms with van der Waals surface area (Å²) in [5.41, 5.74) is 0. The van der Waals surface area contributed by atoms with Gasteiger partial charge in [-0.3, -0.25) is 0 Å². The lowest BCUT2D eigenvalue weighted by Gasteiger charge is -2.07. The van der Waals surface area contributed by atoms with Crippen molar-refractivity contribution in [3.63, 3.8) is 0 Å². The topological polar surface area (TPSA) is 29.4 Å². The second kappa shape index (κ2) is 3.76. The number of carbonyl (C=O) groups excluding carboxylic acids is 1. The number of alkyl halides is 2. The Balaban J connectivity index is 2.24. The zero-order valence-corrected chi connectivity index (χ0v) is 6.72. The summed E-state index contributed by atoms with van der Waals surface area (Å²) in [5, 5.41) is 0. The first-order chi connectivity index (χ1) is 5.64. The van der Waals surface area contributed by atoms with Crippen molar-refractivity contribution in [2.45, 2.75) is 31.6 Å². The van der Waals surface area contributed by atoms with Gasteiger partial charge in [-0.1, -0.05) is 0 Å². The lowest BCUT2D eigenvalue weighted by Crippen LogP contribution is -2.09. The predicted molar refractivity (Wildman–Crippen MR) is 39.9 cm³/mol. The molecule has 0 radical (unpaired) electrons. The van der Waals surface area contributed by atoms with Gasteiger partial charge in [0.2, 0.25) is 12.0 Å². The Morgan fingerprint density at radius 3 is 2.83 bits per heavy atom. The first kappa shape index (κ1) is 9.33. The second-order valence-corrected chi connectivity index (χ2v) is 3.23.